The molecule has 5 heteroatoms. The highest BCUT2D eigenvalue weighted by molar-refractivity contribution is 5.74. The van der Waals surface area contributed by atoms with Crippen molar-refractivity contribution < 1.29 is 5.11 Å². The second kappa shape index (κ2) is 4.94. The van der Waals surface area contributed by atoms with E-state index in [-0.39, 0.29) is 5.75 Å². The van der Waals surface area contributed by atoms with Crippen molar-refractivity contribution in [3.8, 4) is 22.7 Å². The number of aromatic nitrogens is 3. The van der Waals surface area contributed by atoms with Crippen LogP contribution >= 0.6 is 0 Å². The highest BCUT2D eigenvalue weighted by atomic mass is 16.3. The molecule has 0 aliphatic rings. The van der Waals surface area contributed by atoms with Crippen molar-refractivity contribution in [2.45, 2.75) is 13.8 Å². The summed E-state index contributed by atoms with van der Waals surface area (Å²) in [5, 5.41) is 17.9. The molecule has 0 aliphatic carbocycles. The number of aromatic hydroxyl groups is 1. The summed E-state index contributed by atoms with van der Waals surface area (Å²) in [5.41, 5.74) is 10.7. The van der Waals surface area contributed by atoms with Gasteiger partial charge in [0.05, 0.1) is 5.69 Å². The minimum absolute atomic E-state index is 0.163. The maximum absolute atomic E-state index is 9.57. The predicted molar refractivity (Wildman–Crippen MR) is 82.3 cm³/mol. The standard InChI is InChI=1S/C16H16N4O/c1-10-6-7-11(2)14(8-10)15-16(17)20(19-18-15)12-4-3-5-13(21)9-12/h3-9,21H,17H2,1-2H3. The summed E-state index contributed by atoms with van der Waals surface area (Å²) in [5.74, 6) is 0.616. The SMILES string of the molecule is Cc1ccc(C)c(-c2nnn(-c3cccc(O)c3)c2N)c1. The largest absolute Gasteiger partial charge is 0.508 e. The molecule has 0 spiro atoms. The number of anilines is 1. The molecular formula is C16H16N4O. The van der Waals surface area contributed by atoms with Gasteiger partial charge in [0, 0.05) is 11.6 Å². The molecule has 5 nitrogen and oxygen atoms in total. The van der Waals surface area contributed by atoms with Gasteiger partial charge in [-0.15, -0.1) is 5.10 Å². The van der Waals surface area contributed by atoms with Gasteiger partial charge in [0.15, 0.2) is 5.82 Å². The maximum atomic E-state index is 9.57. The van der Waals surface area contributed by atoms with Gasteiger partial charge >= 0.3 is 0 Å². The molecule has 0 bridgehead atoms. The van der Waals surface area contributed by atoms with Gasteiger partial charge < -0.3 is 10.8 Å². The Morgan fingerprint density at radius 2 is 1.90 bits per heavy atom. The molecule has 106 valence electrons. The van der Waals surface area contributed by atoms with E-state index in [1.807, 2.05) is 32.0 Å². The summed E-state index contributed by atoms with van der Waals surface area (Å²) in [4.78, 5) is 0. The van der Waals surface area contributed by atoms with Gasteiger partial charge in [0.1, 0.15) is 11.4 Å². The molecule has 3 rings (SSSR count). The third-order valence-electron chi connectivity index (χ3n) is 3.43. The molecule has 0 saturated heterocycles. The van der Waals surface area contributed by atoms with E-state index in [0.29, 0.717) is 17.2 Å². The smallest absolute Gasteiger partial charge is 0.155 e. The number of phenols is 1. The van der Waals surface area contributed by atoms with Crippen molar-refractivity contribution >= 4 is 5.82 Å². The first-order valence-corrected chi connectivity index (χ1v) is 6.64. The minimum Gasteiger partial charge on any atom is -0.508 e. The quantitative estimate of drug-likeness (QED) is 0.756. The average molecular weight is 280 g/mol. The van der Waals surface area contributed by atoms with E-state index < -0.39 is 0 Å². The first-order chi connectivity index (χ1) is 10.1. The van der Waals surface area contributed by atoms with E-state index in [2.05, 4.69) is 16.4 Å². The molecule has 1 aromatic heterocycles. The highest BCUT2D eigenvalue weighted by Gasteiger charge is 2.15. The van der Waals surface area contributed by atoms with Gasteiger partial charge in [-0.05, 0) is 37.6 Å². The van der Waals surface area contributed by atoms with E-state index in [4.69, 9.17) is 5.73 Å². The molecule has 1 heterocycles. The number of rotatable bonds is 2. The molecule has 0 aliphatic heterocycles. The van der Waals surface area contributed by atoms with Crippen LogP contribution in [-0.4, -0.2) is 20.1 Å². The van der Waals surface area contributed by atoms with Gasteiger partial charge in [-0.3, -0.25) is 0 Å². The molecule has 3 N–H and O–H groups in total. The van der Waals surface area contributed by atoms with Crippen LogP contribution in [0.4, 0.5) is 5.82 Å². The number of benzene rings is 2. The van der Waals surface area contributed by atoms with E-state index in [9.17, 15) is 5.11 Å². The minimum atomic E-state index is 0.163. The fourth-order valence-corrected chi connectivity index (χ4v) is 2.29. The van der Waals surface area contributed by atoms with E-state index in [0.717, 1.165) is 16.7 Å². The Hall–Kier alpha value is -2.82. The van der Waals surface area contributed by atoms with E-state index in [1.54, 1.807) is 18.2 Å². The number of phenolic OH excluding ortho intramolecular Hbond substituents is 1. The number of nitrogens with zero attached hydrogens (tertiary/aromatic N) is 3. The Labute approximate surface area is 122 Å². The van der Waals surface area contributed by atoms with Crippen molar-refractivity contribution in [2.75, 3.05) is 5.73 Å². The van der Waals surface area contributed by atoms with Crippen molar-refractivity contribution in [2.24, 2.45) is 0 Å². The number of hydrogen-bond acceptors (Lipinski definition) is 4. The van der Waals surface area contributed by atoms with Crippen molar-refractivity contribution in [1.82, 2.24) is 15.0 Å². The molecule has 0 fully saturated rings. The zero-order valence-corrected chi connectivity index (χ0v) is 11.9. The highest BCUT2D eigenvalue weighted by Crippen LogP contribution is 2.29. The number of nitrogens with two attached hydrogens (primary N) is 1. The predicted octanol–water partition coefficient (Wildman–Crippen LogP) is 2.84. The first kappa shape index (κ1) is 13.2. The van der Waals surface area contributed by atoms with E-state index >= 15 is 0 Å². The molecule has 3 aromatic rings. The van der Waals surface area contributed by atoms with Crippen molar-refractivity contribution in [3.63, 3.8) is 0 Å². The Morgan fingerprint density at radius 3 is 2.67 bits per heavy atom. The molecule has 0 saturated carbocycles. The lowest BCUT2D eigenvalue weighted by molar-refractivity contribution is 0.475. The van der Waals surface area contributed by atoms with Gasteiger partial charge in [0.2, 0.25) is 0 Å². The maximum Gasteiger partial charge on any atom is 0.155 e. The van der Waals surface area contributed by atoms with Gasteiger partial charge in [-0.1, -0.05) is 29.0 Å². The lowest BCUT2D eigenvalue weighted by Gasteiger charge is -2.06. The molecular weight excluding hydrogens is 264 g/mol. The van der Waals surface area contributed by atoms with Crippen LogP contribution in [0.1, 0.15) is 11.1 Å². The third kappa shape index (κ3) is 2.33. The Morgan fingerprint density at radius 1 is 1.10 bits per heavy atom. The third-order valence-corrected chi connectivity index (χ3v) is 3.43. The summed E-state index contributed by atoms with van der Waals surface area (Å²) in [6.07, 6.45) is 0. The molecule has 0 radical (unpaired) electrons. The lowest BCUT2D eigenvalue weighted by atomic mass is 10.0. The zero-order valence-electron chi connectivity index (χ0n) is 11.9. The van der Waals surface area contributed by atoms with Crippen molar-refractivity contribution in [3.05, 3.63) is 53.6 Å². The number of nitrogen functional groups attached to an aromatic ring is 1. The second-order valence-corrected chi connectivity index (χ2v) is 5.07. The van der Waals surface area contributed by atoms with Crippen LogP contribution in [0.3, 0.4) is 0 Å². The normalized spacial score (nSPS) is 10.8. The van der Waals surface area contributed by atoms with Gasteiger partial charge in [-0.2, -0.15) is 4.68 Å². The van der Waals surface area contributed by atoms with Gasteiger partial charge in [-0.25, -0.2) is 0 Å². The molecule has 0 amide bonds. The summed E-state index contributed by atoms with van der Waals surface area (Å²) in [6, 6.07) is 12.9. The lowest BCUT2D eigenvalue weighted by Crippen LogP contribution is -2.02. The summed E-state index contributed by atoms with van der Waals surface area (Å²) in [7, 11) is 0. The van der Waals surface area contributed by atoms with Crippen LogP contribution in [0.25, 0.3) is 16.9 Å². The van der Waals surface area contributed by atoms with Crippen LogP contribution in [0.15, 0.2) is 42.5 Å². The van der Waals surface area contributed by atoms with Gasteiger partial charge in [0.25, 0.3) is 0 Å². The summed E-state index contributed by atoms with van der Waals surface area (Å²) in [6.45, 7) is 4.04. The summed E-state index contributed by atoms with van der Waals surface area (Å²) < 4.78 is 1.52. The Bertz CT molecular complexity index is 808. The molecule has 0 atom stereocenters. The fraction of sp³-hybridized carbons (Fsp3) is 0.125. The second-order valence-electron chi connectivity index (χ2n) is 5.07. The zero-order chi connectivity index (χ0) is 15.0. The molecule has 2 aromatic carbocycles. The first-order valence-electron chi connectivity index (χ1n) is 6.64. The van der Waals surface area contributed by atoms with Crippen LogP contribution in [0.5, 0.6) is 5.75 Å². The molecule has 21 heavy (non-hydrogen) atoms. The average Bonchev–Trinajstić information content (AvgIpc) is 2.83. The topological polar surface area (TPSA) is 77.0 Å². The fourth-order valence-electron chi connectivity index (χ4n) is 2.29. The number of hydrogen-bond donors (Lipinski definition) is 2. The van der Waals surface area contributed by atoms with Crippen LogP contribution in [-0.2, 0) is 0 Å². The van der Waals surface area contributed by atoms with Crippen LogP contribution in [0.2, 0.25) is 0 Å². The Kier molecular flexibility index (Phi) is 3.10. The van der Waals surface area contributed by atoms with E-state index in [1.165, 1.54) is 4.68 Å². The van der Waals surface area contributed by atoms with Crippen LogP contribution < -0.4 is 5.73 Å². The van der Waals surface area contributed by atoms with Crippen LogP contribution in [0, 0.1) is 13.8 Å². The Balaban J connectivity index is 2.13. The monoisotopic (exact) mass is 280 g/mol. The molecule has 0 unspecified atom stereocenters. The summed E-state index contributed by atoms with van der Waals surface area (Å²) >= 11 is 0. The number of aryl methyl sites for hydroxylation is 2. The van der Waals surface area contributed by atoms with Crippen molar-refractivity contribution in [1.29, 1.82) is 0 Å².